The van der Waals surface area contributed by atoms with Gasteiger partial charge in [-0.1, -0.05) is 0 Å². The van der Waals surface area contributed by atoms with Crippen molar-refractivity contribution in [3.63, 3.8) is 0 Å². The Morgan fingerprint density at radius 1 is 0.868 bits per heavy atom. The Morgan fingerprint density at radius 2 is 1.47 bits per heavy atom. The van der Waals surface area contributed by atoms with Gasteiger partial charge in [0.2, 0.25) is 11.8 Å². The molecule has 8 nitrogen and oxygen atoms in total. The molecule has 6 N–H and O–H groups in total. The largest absolute Gasteiger partial charge is 0.508 e. The normalized spacial score (nSPS) is 12.0. The number of anilines is 1. The summed E-state index contributed by atoms with van der Waals surface area (Å²) >= 11 is 0.114. The molecule has 5 aromatic rings. The highest BCUT2D eigenvalue weighted by Crippen LogP contribution is 2.26. The van der Waals surface area contributed by atoms with Gasteiger partial charge in [-0.3, -0.25) is 9.59 Å². The minimum atomic E-state index is -0.862. The summed E-state index contributed by atoms with van der Waals surface area (Å²) in [7, 11) is 0. The molecule has 2 aromatic heterocycles. The summed E-state index contributed by atoms with van der Waals surface area (Å²) < 4.78 is 12.8. The zero-order valence-corrected chi connectivity index (χ0v) is 20.9. The molecule has 2 heterocycles. The first-order valence-corrected chi connectivity index (χ1v) is 12.7. The lowest BCUT2D eigenvalue weighted by molar-refractivity contribution is -0.126. The van der Waals surface area contributed by atoms with Gasteiger partial charge >= 0.3 is 0 Å². The third-order valence-electron chi connectivity index (χ3n) is 6.42. The van der Waals surface area contributed by atoms with Crippen molar-refractivity contribution in [1.29, 1.82) is 0 Å². The van der Waals surface area contributed by atoms with Crippen LogP contribution in [0.2, 0.25) is 0 Å². The number of nitrogens with one attached hydrogen (secondary N) is 4. The van der Waals surface area contributed by atoms with Crippen LogP contribution < -0.4 is 10.6 Å². The number of benzene rings is 3. The molecule has 1 unspecified atom stereocenters. The third kappa shape index (κ3) is 5.60. The molecule has 0 aliphatic heterocycles. The van der Waals surface area contributed by atoms with Gasteiger partial charge in [-0.2, -0.15) is 3.89 Å². The molecule has 2 amide bonds. The van der Waals surface area contributed by atoms with Crippen molar-refractivity contribution >= 4 is 51.5 Å². The number of aryl methyl sites for hydroxylation is 1. The van der Waals surface area contributed by atoms with Gasteiger partial charge in [0, 0.05) is 44.8 Å². The van der Waals surface area contributed by atoms with Crippen LogP contribution in [0.4, 0.5) is 9.57 Å². The highest BCUT2D eigenvalue weighted by atomic mass is 32.2. The van der Waals surface area contributed by atoms with Crippen LogP contribution in [0.5, 0.6) is 11.5 Å². The molecule has 0 aliphatic rings. The van der Waals surface area contributed by atoms with Gasteiger partial charge < -0.3 is 30.8 Å². The molecule has 0 bridgehead atoms. The van der Waals surface area contributed by atoms with Crippen LogP contribution in [0.3, 0.4) is 0 Å². The number of rotatable bonds is 9. The SMILES string of the molecule is O=C(Cc1c[nH]c2ccc(O)cc12)NC(CCc1c[nH]c2ccc(O)cc12)C(=O)Nc1ccc(SF)cc1. The van der Waals surface area contributed by atoms with E-state index in [0.29, 0.717) is 29.0 Å². The van der Waals surface area contributed by atoms with E-state index in [2.05, 4.69) is 20.6 Å². The summed E-state index contributed by atoms with van der Waals surface area (Å²) in [5.74, 6) is -0.521. The van der Waals surface area contributed by atoms with E-state index in [1.54, 1.807) is 66.9 Å². The molecular formula is C28H25FN4O4S. The van der Waals surface area contributed by atoms with E-state index in [9.17, 15) is 23.7 Å². The van der Waals surface area contributed by atoms with Gasteiger partial charge in [-0.15, -0.1) is 0 Å². The quantitative estimate of drug-likeness (QED) is 0.153. The Bertz CT molecular complexity index is 1610. The number of H-pyrrole nitrogens is 2. The van der Waals surface area contributed by atoms with E-state index in [4.69, 9.17) is 0 Å². The summed E-state index contributed by atoms with van der Waals surface area (Å²) in [5, 5.41) is 27.0. The van der Waals surface area contributed by atoms with Gasteiger partial charge in [0.15, 0.2) is 0 Å². The van der Waals surface area contributed by atoms with Crippen molar-refractivity contribution in [3.8, 4) is 11.5 Å². The van der Waals surface area contributed by atoms with Crippen molar-refractivity contribution in [3.05, 3.63) is 84.2 Å². The van der Waals surface area contributed by atoms with Crippen LogP contribution in [0.25, 0.3) is 21.8 Å². The Kier molecular flexibility index (Phi) is 7.23. The van der Waals surface area contributed by atoms with E-state index in [1.807, 2.05) is 6.20 Å². The maximum atomic E-state index is 13.2. The Balaban J connectivity index is 1.33. The van der Waals surface area contributed by atoms with Crippen molar-refractivity contribution < 1.29 is 23.7 Å². The molecule has 0 spiro atoms. The maximum Gasteiger partial charge on any atom is 0.246 e. The Hall–Kier alpha value is -4.44. The van der Waals surface area contributed by atoms with Gasteiger partial charge in [0.05, 0.1) is 18.6 Å². The lowest BCUT2D eigenvalue weighted by atomic mass is 10.0. The van der Waals surface area contributed by atoms with Crippen LogP contribution in [-0.2, 0) is 22.4 Å². The molecule has 0 saturated carbocycles. The fourth-order valence-electron chi connectivity index (χ4n) is 4.49. The Morgan fingerprint density at radius 3 is 2.11 bits per heavy atom. The van der Waals surface area contributed by atoms with Crippen LogP contribution in [-0.4, -0.2) is 38.0 Å². The van der Waals surface area contributed by atoms with Crippen LogP contribution in [0.15, 0.2) is 78.0 Å². The van der Waals surface area contributed by atoms with E-state index in [0.717, 1.165) is 27.4 Å². The number of halogens is 1. The number of aromatic amines is 2. The monoisotopic (exact) mass is 532 g/mol. The van der Waals surface area contributed by atoms with Crippen LogP contribution in [0.1, 0.15) is 17.5 Å². The zero-order valence-electron chi connectivity index (χ0n) is 20.1. The molecule has 5 rings (SSSR count). The number of hydrogen-bond acceptors (Lipinski definition) is 5. The predicted molar refractivity (Wildman–Crippen MR) is 146 cm³/mol. The first-order chi connectivity index (χ1) is 18.4. The average Bonchev–Trinajstić information content (AvgIpc) is 3.50. The van der Waals surface area contributed by atoms with Crippen LogP contribution in [0, 0.1) is 0 Å². The standard InChI is InChI=1S/C28H25FN4O4S/c29-38-21-6-2-18(3-7-21)32-28(37)26(8-1-16-14-30-24-9-4-19(34)12-22(16)24)33-27(36)11-17-15-31-25-10-5-20(35)13-23(17)25/h2-7,9-10,12-15,26,30-31,34-35H,1,8,11H2,(H,32,37)(H,33,36). The van der Waals surface area contributed by atoms with Gasteiger partial charge in [0.25, 0.3) is 0 Å². The van der Waals surface area contributed by atoms with E-state index in [1.165, 1.54) is 0 Å². The lowest BCUT2D eigenvalue weighted by Crippen LogP contribution is -2.44. The molecule has 0 radical (unpaired) electrons. The highest BCUT2D eigenvalue weighted by molar-refractivity contribution is 7.94. The van der Waals surface area contributed by atoms with E-state index in [-0.39, 0.29) is 36.0 Å². The number of carbonyl (C=O) groups excluding carboxylic acids is 2. The van der Waals surface area contributed by atoms with Crippen molar-refractivity contribution in [2.45, 2.75) is 30.2 Å². The van der Waals surface area contributed by atoms with Gasteiger partial charge in [-0.25, -0.2) is 0 Å². The van der Waals surface area contributed by atoms with Crippen LogP contribution >= 0.6 is 12.1 Å². The lowest BCUT2D eigenvalue weighted by Gasteiger charge is -2.19. The smallest absolute Gasteiger partial charge is 0.246 e. The summed E-state index contributed by atoms with van der Waals surface area (Å²) in [4.78, 5) is 33.0. The minimum Gasteiger partial charge on any atom is -0.508 e. The van der Waals surface area contributed by atoms with E-state index >= 15 is 0 Å². The number of aromatic nitrogens is 2. The molecular weight excluding hydrogens is 507 g/mol. The number of hydrogen-bond donors (Lipinski definition) is 6. The topological polar surface area (TPSA) is 130 Å². The fraction of sp³-hybridized carbons (Fsp3) is 0.143. The fourth-order valence-corrected chi connectivity index (χ4v) is 4.73. The molecule has 38 heavy (non-hydrogen) atoms. The van der Waals surface area contributed by atoms with Crippen molar-refractivity contribution in [2.75, 3.05) is 5.32 Å². The summed E-state index contributed by atoms with van der Waals surface area (Å²) in [6.45, 7) is 0. The maximum absolute atomic E-state index is 13.2. The van der Waals surface area contributed by atoms with Gasteiger partial charge in [-0.05, 0) is 84.6 Å². The molecule has 0 saturated heterocycles. The minimum absolute atomic E-state index is 0.0105. The second-order valence-electron chi connectivity index (χ2n) is 9.01. The first-order valence-electron chi connectivity index (χ1n) is 12.0. The summed E-state index contributed by atoms with van der Waals surface area (Å²) in [6, 6.07) is 15.3. The molecule has 0 fully saturated rings. The van der Waals surface area contributed by atoms with Gasteiger partial charge in [0.1, 0.15) is 17.5 Å². The molecule has 3 aromatic carbocycles. The summed E-state index contributed by atoms with van der Waals surface area (Å²) in [6.07, 6.45) is 4.30. The Labute approximate surface area is 221 Å². The first kappa shape index (κ1) is 25.2. The third-order valence-corrected chi connectivity index (χ3v) is 6.87. The second kappa shape index (κ2) is 10.9. The van der Waals surface area contributed by atoms with Crippen molar-refractivity contribution in [1.82, 2.24) is 15.3 Å². The number of fused-ring (bicyclic) bond motifs is 2. The number of phenolic OH excluding ortho intramolecular Hbond substituents is 2. The summed E-state index contributed by atoms with van der Waals surface area (Å²) in [5.41, 5.74) is 3.73. The average molecular weight is 533 g/mol. The van der Waals surface area contributed by atoms with E-state index < -0.39 is 11.9 Å². The zero-order chi connectivity index (χ0) is 26.6. The molecule has 194 valence electrons. The molecule has 1 atom stereocenters. The van der Waals surface area contributed by atoms with Crippen molar-refractivity contribution in [2.24, 2.45) is 0 Å². The highest BCUT2D eigenvalue weighted by Gasteiger charge is 2.22. The number of amides is 2. The molecule has 0 aliphatic carbocycles. The number of carbonyl (C=O) groups is 2. The number of phenols is 2. The number of aromatic hydroxyl groups is 2. The second-order valence-corrected chi connectivity index (χ2v) is 9.64. The molecule has 10 heteroatoms. The predicted octanol–water partition coefficient (Wildman–Crippen LogP) is 5.34.